The third kappa shape index (κ3) is 4.74. The van der Waals surface area contributed by atoms with E-state index in [0.29, 0.717) is 35.1 Å². The van der Waals surface area contributed by atoms with Gasteiger partial charge in [-0.25, -0.2) is 14.4 Å². The van der Waals surface area contributed by atoms with E-state index in [0.717, 1.165) is 48.4 Å². The molecule has 0 amide bonds. The molecule has 2 aromatic carbocycles. The maximum atomic E-state index is 14.0. The molecule has 2 aromatic heterocycles. The molecular weight excluding hydrogens is 427 g/mol. The lowest BCUT2D eigenvalue weighted by Gasteiger charge is -2.11. The van der Waals surface area contributed by atoms with Crippen LogP contribution < -0.4 is 11.1 Å². The zero-order valence-corrected chi connectivity index (χ0v) is 18.7. The molecule has 0 bridgehead atoms. The van der Waals surface area contributed by atoms with E-state index in [1.54, 1.807) is 24.4 Å². The van der Waals surface area contributed by atoms with Gasteiger partial charge in [-0.15, -0.1) is 0 Å². The third-order valence-corrected chi connectivity index (χ3v) is 5.90. The topological polar surface area (TPSA) is 81.7 Å². The maximum absolute atomic E-state index is 14.0. The lowest BCUT2D eigenvalue weighted by Crippen LogP contribution is -2.07. The van der Waals surface area contributed by atoms with Crippen LogP contribution in [0.5, 0.6) is 0 Å². The van der Waals surface area contributed by atoms with Gasteiger partial charge in [-0.05, 0) is 44.0 Å². The summed E-state index contributed by atoms with van der Waals surface area (Å²) >= 11 is 6.62. The number of hydrogen-bond donors (Lipinski definition) is 2. The number of anilines is 1. The number of fused-ring (bicyclic) bond motifs is 1. The number of nitrogens with zero attached hydrogens (tertiary/aromatic N) is 4. The number of rotatable bonds is 9. The highest BCUT2D eigenvalue weighted by atomic mass is 35.5. The molecule has 0 fully saturated rings. The van der Waals surface area contributed by atoms with Crippen LogP contribution in [0.3, 0.4) is 0 Å². The van der Waals surface area contributed by atoms with Crippen LogP contribution >= 0.6 is 11.6 Å². The Balaban J connectivity index is 1.70. The van der Waals surface area contributed by atoms with E-state index in [-0.39, 0.29) is 5.82 Å². The van der Waals surface area contributed by atoms with E-state index in [1.165, 1.54) is 6.07 Å². The highest BCUT2D eigenvalue weighted by molar-refractivity contribution is 6.34. The van der Waals surface area contributed by atoms with Crippen LogP contribution in [-0.2, 0) is 13.1 Å². The maximum Gasteiger partial charge on any atom is 0.225 e. The summed E-state index contributed by atoms with van der Waals surface area (Å²) in [4.78, 5) is 13.9. The van der Waals surface area contributed by atoms with Gasteiger partial charge >= 0.3 is 0 Å². The standard InChI is InChI=1S/C24H26ClFN6/c1-16-8-7-10-18(21(16)25)22-30-20-15-29-24(28-14-17-9-3-4-11-19(17)26)31-23(20)32(22)13-6-2-5-12-27/h3-4,7-11,15H,2,5-6,12-14,27H2,1H3,(H,28,29,31). The molecular formula is C24H26ClFN6. The van der Waals surface area contributed by atoms with Gasteiger partial charge in [0.05, 0.1) is 11.2 Å². The molecule has 6 nitrogen and oxygen atoms in total. The highest BCUT2D eigenvalue weighted by Gasteiger charge is 2.18. The average molecular weight is 453 g/mol. The zero-order valence-electron chi connectivity index (χ0n) is 18.0. The second kappa shape index (κ2) is 10.1. The third-order valence-electron chi connectivity index (χ3n) is 5.40. The van der Waals surface area contributed by atoms with Crippen molar-refractivity contribution in [3.63, 3.8) is 0 Å². The second-order valence-electron chi connectivity index (χ2n) is 7.72. The van der Waals surface area contributed by atoms with Crippen molar-refractivity contribution in [3.05, 3.63) is 70.6 Å². The number of benzene rings is 2. The molecule has 8 heteroatoms. The minimum atomic E-state index is -0.262. The smallest absolute Gasteiger partial charge is 0.225 e. The van der Waals surface area contributed by atoms with Gasteiger partial charge in [-0.2, -0.15) is 4.98 Å². The lowest BCUT2D eigenvalue weighted by molar-refractivity contribution is 0.602. The van der Waals surface area contributed by atoms with E-state index in [2.05, 4.69) is 14.9 Å². The minimum Gasteiger partial charge on any atom is -0.350 e. The Labute approximate surface area is 191 Å². The van der Waals surface area contributed by atoms with Gasteiger partial charge < -0.3 is 15.6 Å². The lowest BCUT2D eigenvalue weighted by atomic mass is 10.1. The van der Waals surface area contributed by atoms with Gasteiger partial charge in [0.1, 0.15) is 17.2 Å². The molecule has 0 saturated heterocycles. The molecule has 32 heavy (non-hydrogen) atoms. The van der Waals surface area contributed by atoms with Crippen LogP contribution in [0.15, 0.2) is 48.7 Å². The first-order valence-corrected chi connectivity index (χ1v) is 11.1. The molecule has 166 valence electrons. The van der Waals surface area contributed by atoms with Crippen LogP contribution in [0, 0.1) is 12.7 Å². The normalized spacial score (nSPS) is 11.2. The van der Waals surface area contributed by atoms with Crippen molar-refractivity contribution in [2.75, 3.05) is 11.9 Å². The minimum absolute atomic E-state index is 0.262. The van der Waals surface area contributed by atoms with Gasteiger partial charge in [0.2, 0.25) is 5.95 Å². The molecule has 0 atom stereocenters. The predicted octanol–water partition coefficient (Wildman–Crippen LogP) is 5.34. The van der Waals surface area contributed by atoms with E-state index < -0.39 is 0 Å². The summed E-state index contributed by atoms with van der Waals surface area (Å²) in [5, 5.41) is 3.80. The molecule has 0 aliphatic carbocycles. The van der Waals surface area contributed by atoms with Crippen LogP contribution in [0.4, 0.5) is 10.3 Å². The molecule has 2 heterocycles. The molecule has 0 aliphatic rings. The van der Waals surface area contributed by atoms with Gasteiger partial charge in [0, 0.05) is 24.2 Å². The Morgan fingerprint density at radius 3 is 2.72 bits per heavy atom. The van der Waals surface area contributed by atoms with Crippen molar-refractivity contribution in [2.24, 2.45) is 5.73 Å². The number of aromatic nitrogens is 4. The fraction of sp³-hybridized carbons (Fsp3) is 0.292. The number of hydrogen-bond acceptors (Lipinski definition) is 5. The zero-order chi connectivity index (χ0) is 22.5. The fourth-order valence-electron chi connectivity index (χ4n) is 3.65. The number of imidazole rings is 1. The average Bonchev–Trinajstić information content (AvgIpc) is 3.15. The summed E-state index contributed by atoms with van der Waals surface area (Å²) in [5.41, 5.74) is 9.47. The monoisotopic (exact) mass is 452 g/mol. The van der Waals surface area contributed by atoms with E-state index in [4.69, 9.17) is 27.3 Å². The number of nitrogens with two attached hydrogens (primary N) is 1. The Morgan fingerprint density at radius 2 is 1.91 bits per heavy atom. The molecule has 3 N–H and O–H groups in total. The van der Waals surface area contributed by atoms with Crippen molar-refractivity contribution in [2.45, 2.75) is 39.3 Å². The number of nitrogens with one attached hydrogen (secondary N) is 1. The summed E-state index contributed by atoms with van der Waals surface area (Å²) < 4.78 is 16.0. The fourth-order valence-corrected chi connectivity index (χ4v) is 3.86. The van der Waals surface area contributed by atoms with Crippen LogP contribution in [0.25, 0.3) is 22.6 Å². The summed E-state index contributed by atoms with van der Waals surface area (Å²) in [7, 11) is 0. The molecule has 0 aliphatic heterocycles. The molecule has 0 radical (unpaired) electrons. The molecule has 4 aromatic rings. The van der Waals surface area contributed by atoms with Crippen molar-refractivity contribution in [3.8, 4) is 11.4 Å². The largest absolute Gasteiger partial charge is 0.350 e. The quantitative estimate of drug-likeness (QED) is 0.335. The number of halogens is 2. The Morgan fingerprint density at radius 1 is 1.06 bits per heavy atom. The number of unbranched alkanes of at least 4 members (excludes halogenated alkanes) is 2. The van der Waals surface area contributed by atoms with E-state index in [9.17, 15) is 4.39 Å². The first kappa shape index (κ1) is 22.2. The molecule has 0 unspecified atom stereocenters. The van der Waals surface area contributed by atoms with Crippen LogP contribution in [-0.4, -0.2) is 26.1 Å². The first-order valence-electron chi connectivity index (χ1n) is 10.7. The Kier molecular flexibility index (Phi) is 6.97. The number of aryl methyl sites for hydroxylation is 2. The summed E-state index contributed by atoms with van der Waals surface area (Å²) in [6.07, 6.45) is 4.62. The van der Waals surface area contributed by atoms with Crippen LogP contribution in [0.2, 0.25) is 5.02 Å². The van der Waals surface area contributed by atoms with Crippen molar-refractivity contribution in [1.82, 2.24) is 19.5 Å². The molecule has 0 saturated carbocycles. The summed E-state index contributed by atoms with van der Waals surface area (Å²) in [5.74, 6) is 0.926. The van der Waals surface area contributed by atoms with Crippen LogP contribution in [0.1, 0.15) is 30.4 Å². The predicted molar refractivity (Wildman–Crippen MR) is 127 cm³/mol. The van der Waals surface area contributed by atoms with Crippen molar-refractivity contribution >= 4 is 28.7 Å². The summed E-state index contributed by atoms with van der Waals surface area (Å²) in [6.45, 7) is 3.68. The Bertz CT molecular complexity index is 1220. The van der Waals surface area contributed by atoms with E-state index in [1.807, 2.05) is 25.1 Å². The molecule has 0 spiro atoms. The van der Waals surface area contributed by atoms with Gasteiger partial charge in [-0.1, -0.05) is 48.4 Å². The van der Waals surface area contributed by atoms with Gasteiger partial charge in [0.15, 0.2) is 5.65 Å². The second-order valence-corrected chi connectivity index (χ2v) is 8.10. The first-order chi connectivity index (χ1) is 15.6. The van der Waals surface area contributed by atoms with Gasteiger partial charge in [-0.3, -0.25) is 0 Å². The molecule has 4 rings (SSSR count). The SMILES string of the molecule is Cc1cccc(-c2nc3cnc(NCc4ccccc4F)nc3n2CCCCCN)c1Cl. The van der Waals surface area contributed by atoms with Crippen molar-refractivity contribution in [1.29, 1.82) is 0 Å². The van der Waals surface area contributed by atoms with Gasteiger partial charge in [0.25, 0.3) is 0 Å². The van der Waals surface area contributed by atoms with E-state index >= 15 is 0 Å². The van der Waals surface area contributed by atoms with Crippen molar-refractivity contribution < 1.29 is 4.39 Å². The summed E-state index contributed by atoms with van der Waals surface area (Å²) in [6, 6.07) is 12.6. The Hall–Kier alpha value is -3.03. The highest BCUT2D eigenvalue weighted by Crippen LogP contribution is 2.32.